The summed E-state index contributed by atoms with van der Waals surface area (Å²) in [4.78, 5) is 19.0. The number of rotatable bonds is 1. The molecule has 2 aromatic heterocycles. The number of aryl methyl sites for hydroxylation is 1. The molecule has 126 valence electrons. The van der Waals surface area contributed by atoms with Gasteiger partial charge in [0, 0.05) is 36.9 Å². The molecule has 23 heavy (non-hydrogen) atoms. The minimum Gasteiger partial charge on any atom is -0.449 e. The number of nitrogens with one attached hydrogen (secondary N) is 1. The van der Waals surface area contributed by atoms with Gasteiger partial charge in [-0.15, -0.1) is 24.8 Å². The Labute approximate surface area is 147 Å². The van der Waals surface area contributed by atoms with Crippen LogP contribution in [0.3, 0.4) is 0 Å². The lowest BCUT2D eigenvalue weighted by Gasteiger charge is -2.23. The molecule has 2 aliphatic heterocycles. The van der Waals surface area contributed by atoms with E-state index in [9.17, 15) is 4.79 Å². The summed E-state index contributed by atoms with van der Waals surface area (Å²) in [6.07, 6.45) is 3.43. The summed E-state index contributed by atoms with van der Waals surface area (Å²) in [5.74, 6) is 0.390. The number of hydrogen-bond donors (Lipinski definition) is 1. The maximum atomic E-state index is 12.7. The van der Waals surface area contributed by atoms with Crippen molar-refractivity contribution in [2.45, 2.75) is 38.3 Å². The van der Waals surface area contributed by atoms with Gasteiger partial charge in [0.05, 0.1) is 0 Å². The van der Waals surface area contributed by atoms with Gasteiger partial charge in [-0.05, 0) is 38.3 Å². The molecule has 0 aliphatic carbocycles. The van der Waals surface area contributed by atoms with Crippen LogP contribution >= 0.6 is 24.8 Å². The van der Waals surface area contributed by atoms with Crippen molar-refractivity contribution in [3.8, 4) is 0 Å². The van der Waals surface area contributed by atoms with Crippen LogP contribution in [0.5, 0.6) is 0 Å². The molecule has 5 nitrogen and oxygen atoms in total. The molecule has 0 aromatic carbocycles. The second-order valence-corrected chi connectivity index (χ2v) is 6.12. The van der Waals surface area contributed by atoms with Crippen molar-refractivity contribution in [2.24, 2.45) is 0 Å². The van der Waals surface area contributed by atoms with Gasteiger partial charge in [0.15, 0.2) is 11.3 Å². The first-order valence-electron chi connectivity index (χ1n) is 7.61. The Bertz CT molecular complexity index is 704. The highest BCUT2D eigenvalue weighted by molar-refractivity contribution is 5.95. The molecular weight excluding hydrogens is 337 g/mol. The van der Waals surface area contributed by atoms with Crippen LogP contribution in [-0.4, -0.2) is 41.0 Å². The maximum absolute atomic E-state index is 12.7. The molecule has 4 heterocycles. The van der Waals surface area contributed by atoms with E-state index in [1.807, 2.05) is 24.0 Å². The molecule has 0 radical (unpaired) electrons. The predicted octanol–water partition coefficient (Wildman–Crippen LogP) is 2.95. The van der Waals surface area contributed by atoms with Gasteiger partial charge < -0.3 is 14.6 Å². The largest absolute Gasteiger partial charge is 0.449 e. The summed E-state index contributed by atoms with van der Waals surface area (Å²) in [7, 11) is 0. The second kappa shape index (κ2) is 7.07. The number of carbonyl (C=O) groups excluding carboxylic acids is 1. The van der Waals surface area contributed by atoms with Gasteiger partial charge >= 0.3 is 0 Å². The zero-order valence-electron chi connectivity index (χ0n) is 12.9. The third kappa shape index (κ3) is 3.47. The fourth-order valence-electron chi connectivity index (χ4n) is 3.41. The van der Waals surface area contributed by atoms with Crippen LogP contribution in [0.1, 0.15) is 35.5 Å². The summed E-state index contributed by atoms with van der Waals surface area (Å²) in [6, 6.07) is 6.55. The van der Waals surface area contributed by atoms with Gasteiger partial charge in [0.25, 0.3) is 5.91 Å². The Kier molecular flexibility index (Phi) is 5.55. The highest BCUT2D eigenvalue weighted by Crippen LogP contribution is 2.23. The van der Waals surface area contributed by atoms with Crippen LogP contribution in [0.25, 0.3) is 11.1 Å². The predicted molar refractivity (Wildman–Crippen MR) is 93.7 cm³/mol. The van der Waals surface area contributed by atoms with Crippen molar-refractivity contribution in [3.05, 3.63) is 29.7 Å². The van der Waals surface area contributed by atoms with E-state index in [0.29, 0.717) is 23.4 Å². The van der Waals surface area contributed by atoms with Crippen molar-refractivity contribution < 1.29 is 9.21 Å². The molecule has 2 fully saturated rings. The summed E-state index contributed by atoms with van der Waals surface area (Å²) in [5.41, 5.74) is 2.37. The number of aromatic nitrogens is 1. The minimum absolute atomic E-state index is 0. The lowest BCUT2D eigenvalue weighted by Crippen LogP contribution is -2.38. The van der Waals surface area contributed by atoms with E-state index < -0.39 is 0 Å². The normalized spacial score (nSPS) is 23.1. The molecule has 2 bridgehead atoms. The minimum atomic E-state index is -0.0139. The van der Waals surface area contributed by atoms with Gasteiger partial charge in [-0.25, -0.2) is 4.98 Å². The van der Waals surface area contributed by atoms with E-state index in [-0.39, 0.29) is 30.7 Å². The number of furan rings is 1. The molecule has 0 saturated carbocycles. The lowest BCUT2D eigenvalue weighted by molar-refractivity contribution is 0.0718. The smallest absolute Gasteiger partial charge is 0.289 e. The summed E-state index contributed by atoms with van der Waals surface area (Å²) in [6.45, 7) is 3.51. The lowest BCUT2D eigenvalue weighted by atomic mass is 10.1. The third-order valence-electron chi connectivity index (χ3n) is 4.53. The number of likely N-dealkylation sites (tertiary alicyclic amines) is 1. The molecule has 2 aromatic rings. The van der Waals surface area contributed by atoms with E-state index in [1.54, 1.807) is 6.07 Å². The Morgan fingerprint density at radius 2 is 2.04 bits per heavy atom. The SMILES string of the molecule is Cc1ccc2oc(C(=O)N3CCC4CCC(C3)N4)cc2n1.Cl.Cl. The van der Waals surface area contributed by atoms with Crippen LogP contribution in [0.2, 0.25) is 0 Å². The van der Waals surface area contributed by atoms with Crippen LogP contribution in [0.4, 0.5) is 0 Å². The maximum Gasteiger partial charge on any atom is 0.289 e. The number of amides is 1. The Morgan fingerprint density at radius 3 is 2.87 bits per heavy atom. The molecule has 2 atom stereocenters. The standard InChI is InChI=1S/C16H19N3O2.2ClH/c1-10-2-5-14-13(17-10)8-15(21-14)16(20)19-7-6-11-3-4-12(9-19)18-11;;/h2,5,8,11-12,18H,3-4,6-7,9H2,1H3;2*1H. The van der Waals surface area contributed by atoms with E-state index in [0.717, 1.165) is 37.1 Å². The molecular formula is C16H21Cl2N3O2. The molecule has 2 saturated heterocycles. The number of carbonyl (C=O) groups is 1. The number of fused-ring (bicyclic) bond motifs is 3. The van der Waals surface area contributed by atoms with E-state index in [4.69, 9.17) is 4.42 Å². The van der Waals surface area contributed by atoms with Crippen molar-refractivity contribution in [1.82, 2.24) is 15.2 Å². The summed E-state index contributed by atoms with van der Waals surface area (Å²) < 4.78 is 5.68. The number of hydrogen-bond acceptors (Lipinski definition) is 4. The summed E-state index contributed by atoms with van der Waals surface area (Å²) in [5, 5.41) is 3.59. The fourth-order valence-corrected chi connectivity index (χ4v) is 3.41. The van der Waals surface area contributed by atoms with E-state index in [1.165, 1.54) is 6.42 Å². The Balaban J connectivity index is 0.000000960. The molecule has 0 spiro atoms. The fraction of sp³-hybridized carbons (Fsp3) is 0.500. The average Bonchev–Trinajstić information content (AvgIpc) is 3.01. The van der Waals surface area contributed by atoms with Crippen LogP contribution in [0.15, 0.2) is 22.6 Å². The third-order valence-corrected chi connectivity index (χ3v) is 4.53. The first kappa shape index (κ1) is 18.0. The Morgan fingerprint density at radius 1 is 1.26 bits per heavy atom. The highest BCUT2D eigenvalue weighted by Gasteiger charge is 2.32. The van der Waals surface area contributed by atoms with Gasteiger partial charge in [0.2, 0.25) is 0 Å². The molecule has 4 rings (SSSR count). The van der Waals surface area contributed by atoms with E-state index in [2.05, 4.69) is 10.3 Å². The zero-order chi connectivity index (χ0) is 14.4. The number of nitrogens with zero attached hydrogens (tertiary/aromatic N) is 2. The van der Waals surface area contributed by atoms with Crippen molar-refractivity contribution in [1.29, 1.82) is 0 Å². The molecule has 1 N–H and O–H groups in total. The first-order valence-corrected chi connectivity index (χ1v) is 7.61. The quantitative estimate of drug-likeness (QED) is 0.852. The summed E-state index contributed by atoms with van der Waals surface area (Å²) >= 11 is 0. The highest BCUT2D eigenvalue weighted by atomic mass is 35.5. The second-order valence-electron chi connectivity index (χ2n) is 6.12. The van der Waals surface area contributed by atoms with Crippen LogP contribution in [-0.2, 0) is 0 Å². The van der Waals surface area contributed by atoms with Gasteiger partial charge in [0.1, 0.15) is 5.52 Å². The monoisotopic (exact) mass is 357 g/mol. The van der Waals surface area contributed by atoms with Crippen molar-refractivity contribution >= 4 is 41.8 Å². The van der Waals surface area contributed by atoms with Gasteiger partial charge in [-0.1, -0.05) is 0 Å². The first-order chi connectivity index (χ1) is 10.2. The van der Waals surface area contributed by atoms with Crippen molar-refractivity contribution in [2.75, 3.05) is 13.1 Å². The molecule has 2 unspecified atom stereocenters. The Hall–Kier alpha value is -1.30. The van der Waals surface area contributed by atoms with Crippen LogP contribution < -0.4 is 5.32 Å². The van der Waals surface area contributed by atoms with Crippen LogP contribution in [0, 0.1) is 6.92 Å². The molecule has 2 aliphatic rings. The molecule has 1 amide bonds. The number of halogens is 2. The zero-order valence-corrected chi connectivity index (χ0v) is 14.6. The van der Waals surface area contributed by atoms with E-state index >= 15 is 0 Å². The van der Waals surface area contributed by atoms with Gasteiger partial charge in [-0.3, -0.25) is 4.79 Å². The molecule has 7 heteroatoms. The van der Waals surface area contributed by atoms with Gasteiger partial charge in [-0.2, -0.15) is 0 Å². The number of pyridine rings is 1. The topological polar surface area (TPSA) is 58.4 Å². The van der Waals surface area contributed by atoms with Crippen molar-refractivity contribution in [3.63, 3.8) is 0 Å². The average molecular weight is 358 g/mol.